The molecule has 12 nitrogen and oxygen atoms in total. The monoisotopic (exact) mass is 883 g/mol. The lowest BCUT2D eigenvalue weighted by atomic mass is 9.33. The van der Waals surface area contributed by atoms with Gasteiger partial charge >= 0.3 is 11.9 Å². The molecule has 8 aliphatic rings. The van der Waals surface area contributed by atoms with Crippen molar-refractivity contribution in [3.63, 3.8) is 0 Å². The normalized spacial score (nSPS) is 39.2. The third kappa shape index (κ3) is 6.50. The molecule has 0 spiro atoms. The highest BCUT2D eigenvalue weighted by atomic mass is 16.5. The molecule has 350 valence electrons. The van der Waals surface area contributed by atoms with Crippen LogP contribution in [0.1, 0.15) is 156 Å². The molecule has 64 heavy (non-hydrogen) atoms. The Balaban J connectivity index is 0.959. The molecule has 0 radical (unpaired) electrons. The molecule has 2 amide bonds. The van der Waals surface area contributed by atoms with Crippen molar-refractivity contribution in [2.24, 2.45) is 62.6 Å². The first kappa shape index (κ1) is 45.4. The summed E-state index contributed by atoms with van der Waals surface area (Å²) in [7, 11) is 0. The maximum absolute atomic E-state index is 14.9. The smallest absolute Gasteiger partial charge is 0.309 e. The summed E-state index contributed by atoms with van der Waals surface area (Å²) in [5.74, 6) is -0.828. The van der Waals surface area contributed by atoms with Crippen LogP contribution in [-0.4, -0.2) is 83.1 Å². The summed E-state index contributed by atoms with van der Waals surface area (Å²) in [4.78, 5) is 75.7. The lowest BCUT2D eigenvalue weighted by molar-refractivity contribution is -0.235. The number of morpholine rings is 1. The van der Waals surface area contributed by atoms with Gasteiger partial charge in [-0.25, -0.2) is 4.98 Å². The molecular weight excluding hydrogens is 809 g/mol. The van der Waals surface area contributed by atoms with Crippen LogP contribution in [0, 0.1) is 62.6 Å². The summed E-state index contributed by atoms with van der Waals surface area (Å²) in [5, 5.41) is 16.5. The van der Waals surface area contributed by atoms with Crippen LogP contribution in [0.5, 0.6) is 0 Å². The number of ketones is 1. The second-order valence-electron chi connectivity index (χ2n) is 23.9. The number of allylic oxidation sites excluding steroid dienone is 1. The molecule has 1 saturated heterocycles. The van der Waals surface area contributed by atoms with E-state index in [1.807, 2.05) is 13.8 Å². The summed E-state index contributed by atoms with van der Waals surface area (Å²) in [5.41, 5.74) is -0.323. The van der Waals surface area contributed by atoms with Gasteiger partial charge in [0.05, 0.1) is 36.2 Å². The number of aliphatic carboxylic acids is 1. The zero-order valence-corrected chi connectivity index (χ0v) is 40.0. The van der Waals surface area contributed by atoms with Crippen LogP contribution < -0.4 is 15.5 Å². The number of ether oxygens (including phenoxy) is 2. The Hall–Kier alpha value is -3.80. The highest BCUT2D eigenvalue weighted by Gasteiger charge is 2.71. The second-order valence-corrected chi connectivity index (χ2v) is 23.9. The predicted molar refractivity (Wildman–Crippen MR) is 242 cm³/mol. The van der Waals surface area contributed by atoms with Gasteiger partial charge in [-0.3, -0.25) is 24.0 Å². The van der Waals surface area contributed by atoms with E-state index in [1.54, 1.807) is 18.3 Å². The van der Waals surface area contributed by atoms with Gasteiger partial charge in [-0.05, 0) is 146 Å². The average molecular weight is 883 g/mol. The van der Waals surface area contributed by atoms with Crippen LogP contribution in [0.25, 0.3) is 0 Å². The number of fused-ring (bicyclic) bond motifs is 7. The molecule has 1 aliphatic heterocycles. The van der Waals surface area contributed by atoms with Crippen LogP contribution in [-0.2, 0) is 28.7 Å². The lowest BCUT2D eigenvalue weighted by Crippen LogP contribution is -2.70. The van der Waals surface area contributed by atoms with Crippen molar-refractivity contribution in [2.45, 2.75) is 163 Å². The Bertz CT molecular complexity index is 2150. The summed E-state index contributed by atoms with van der Waals surface area (Å²) >= 11 is 0. The zero-order valence-electron chi connectivity index (χ0n) is 40.0. The number of hydrogen-bond donors (Lipinski definition) is 3. The van der Waals surface area contributed by atoms with Crippen LogP contribution >= 0.6 is 0 Å². The molecule has 7 fully saturated rings. The number of carboxylic acids is 1. The maximum atomic E-state index is 14.9. The molecule has 1 aromatic heterocycles. The number of amides is 2. The number of rotatable bonds is 9. The number of carbonyl (C=O) groups is 5. The number of anilines is 1. The molecule has 1 unspecified atom stereocenters. The molecule has 1 aromatic rings. The highest BCUT2D eigenvalue weighted by molar-refractivity contribution is 6.05. The van der Waals surface area contributed by atoms with Crippen LogP contribution in [0.2, 0.25) is 0 Å². The molecule has 6 saturated carbocycles. The number of nitrogens with one attached hydrogen (secondary N) is 2. The number of carbonyl (C=O) groups excluding carboxylic acids is 4. The number of aromatic nitrogens is 1. The topological polar surface area (TPSA) is 164 Å². The zero-order chi connectivity index (χ0) is 46.0. The largest absolute Gasteiger partial charge is 0.481 e. The Kier molecular flexibility index (Phi) is 10.9. The quantitative estimate of drug-likeness (QED) is 0.207. The fourth-order valence-electron chi connectivity index (χ4n) is 16.1. The van der Waals surface area contributed by atoms with Gasteiger partial charge in [-0.1, -0.05) is 62.3 Å². The summed E-state index contributed by atoms with van der Waals surface area (Å²) in [6, 6.07) is 3.55. The minimum atomic E-state index is -1.06. The molecule has 2 heterocycles. The van der Waals surface area contributed by atoms with Crippen molar-refractivity contribution >= 4 is 35.4 Å². The molecule has 7 aliphatic carbocycles. The first-order chi connectivity index (χ1) is 30.1. The number of esters is 1. The Morgan fingerprint density at radius 2 is 1.56 bits per heavy atom. The number of pyridine rings is 1. The van der Waals surface area contributed by atoms with Crippen molar-refractivity contribution in [1.29, 1.82) is 0 Å². The summed E-state index contributed by atoms with van der Waals surface area (Å²) in [6.45, 7) is 22.6. The first-order valence-electron chi connectivity index (χ1n) is 24.7. The van der Waals surface area contributed by atoms with E-state index in [-0.39, 0.29) is 69.6 Å². The van der Waals surface area contributed by atoms with E-state index in [9.17, 15) is 29.1 Å². The Morgan fingerprint density at radius 1 is 0.844 bits per heavy atom. The number of Topliss-reactive ketones (excluding diaryl/α,β-unsaturated/α-hetero) is 1. The van der Waals surface area contributed by atoms with Gasteiger partial charge < -0.3 is 30.1 Å². The molecule has 0 bridgehead atoms. The molecule has 10 atom stereocenters. The van der Waals surface area contributed by atoms with E-state index in [1.165, 1.54) is 5.57 Å². The minimum Gasteiger partial charge on any atom is -0.481 e. The van der Waals surface area contributed by atoms with E-state index in [0.29, 0.717) is 75.2 Å². The van der Waals surface area contributed by atoms with Gasteiger partial charge in [-0.2, -0.15) is 0 Å². The molecule has 0 aromatic carbocycles. The van der Waals surface area contributed by atoms with Gasteiger partial charge in [0, 0.05) is 31.1 Å². The first-order valence-corrected chi connectivity index (χ1v) is 24.7. The van der Waals surface area contributed by atoms with Gasteiger partial charge in [0.15, 0.2) is 5.78 Å². The fraction of sp³-hybridized carbons (Fsp3) is 0.769. The number of carboxylic acid groups (broad SMARTS) is 1. The second kappa shape index (κ2) is 15.4. The van der Waals surface area contributed by atoms with Gasteiger partial charge in [-0.15, -0.1) is 0 Å². The van der Waals surface area contributed by atoms with Gasteiger partial charge in [0.1, 0.15) is 17.5 Å². The average Bonchev–Trinajstić information content (AvgIpc) is 3.51. The van der Waals surface area contributed by atoms with Crippen LogP contribution in [0.4, 0.5) is 5.82 Å². The highest BCUT2D eigenvalue weighted by Crippen LogP contribution is 2.76. The SMILES string of the molecule is CC(C)C1=C2[C@H]3CC[C@@H]4[C@@]5(C)CC[C@H](OC(=O)C6C[C@@H](C(=O)O)C6(C)C)C(C)(C)[C@@H]5CC[C@@]4(C)[C@]3(C)CC[C@@]2(NC(=O)C2(NC(=O)c3cccnc3N3CCOCC3)CCC2)CC1=O. The standard InChI is InChI=1S/C52H74N4O8/c1-30(2)39-35(57)29-52(55-45(62)51(17-11-18-51)54-42(58)31-12-10-23-53-41(31)56-24-26-63-27-25-56)22-21-49(8)32(40(39)52)13-14-37-48(7)19-16-38(47(5,6)36(48)15-20-50(37,49)9)64-44(61)34-28-33(43(59)60)46(34,3)4/h10,12,23,30,32-34,36-38H,11,13-22,24-29H2,1-9H3,(H,54,58)(H,55,62)(H,59,60)/t32-,33+,34?,36+,37-,38+,48+,49-,50-,52-/m1/s1. The van der Waals surface area contributed by atoms with Crippen molar-refractivity contribution in [3.05, 3.63) is 35.0 Å². The Morgan fingerprint density at radius 3 is 2.20 bits per heavy atom. The lowest BCUT2D eigenvalue weighted by Gasteiger charge is -2.72. The van der Waals surface area contributed by atoms with Crippen molar-refractivity contribution in [1.82, 2.24) is 15.6 Å². The van der Waals surface area contributed by atoms with Crippen molar-refractivity contribution in [2.75, 3.05) is 31.2 Å². The molecular formula is C52H74N4O8. The number of nitrogens with zero attached hydrogens (tertiary/aromatic N) is 2. The van der Waals surface area contributed by atoms with E-state index in [0.717, 1.165) is 56.9 Å². The van der Waals surface area contributed by atoms with E-state index < -0.39 is 34.3 Å². The molecule has 9 rings (SSSR count). The van der Waals surface area contributed by atoms with Crippen LogP contribution in [0.3, 0.4) is 0 Å². The predicted octanol–water partition coefficient (Wildman–Crippen LogP) is 8.08. The maximum Gasteiger partial charge on any atom is 0.309 e. The van der Waals surface area contributed by atoms with Crippen molar-refractivity contribution < 1.29 is 38.6 Å². The van der Waals surface area contributed by atoms with Crippen molar-refractivity contribution in [3.8, 4) is 0 Å². The minimum absolute atomic E-state index is 0.0169. The molecule has 12 heteroatoms. The third-order valence-electron chi connectivity index (χ3n) is 20.2. The fourth-order valence-corrected chi connectivity index (χ4v) is 16.1. The van der Waals surface area contributed by atoms with Crippen LogP contribution in [0.15, 0.2) is 29.5 Å². The summed E-state index contributed by atoms with van der Waals surface area (Å²) in [6.07, 6.45) is 11.3. The third-order valence-corrected chi connectivity index (χ3v) is 20.2. The van der Waals surface area contributed by atoms with Gasteiger partial charge in [0.2, 0.25) is 5.91 Å². The van der Waals surface area contributed by atoms with E-state index >= 15 is 0 Å². The van der Waals surface area contributed by atoms with E-state index in [4.69, 9.17) is 9.47 Å². The Labute approximate surface area is 380 Å². The number of hydrogen-bond acceptors (Lipinski definition) is 9. The molecule has 3 N–H and O–H groups in total. The van der Waals surface area contributed by atoms with E-state index in [2.05, 4.69) is 69.0 Å². The summed E-state index contributed by atoms with van der Waals surface area (Å²) < 4.78 is 12.0. The van der Waals surface area contributed by atoms with Gasteiger partial charge in [0.25, 0.3) is 5.91 Å².